The topological polar surface area (TPSA) is 70.7 Å². The van der Waals surface area contributed by atoms with Crippen LogP contribution in [0.15, 0.2) is 47.9 Å². The number of morpholine rings is 1. The molecule has 27 heavy (non-hydrogen) atoms. The molecular formula is C19H19N3O3S2. The van der Waals surface area contributed by atoms with Crippen molar-refractivity contribution in [3.63, 3.8) is 0 Å². The summed E-state index contributed by atoms with van der Waals surface area (Å²) in [5.41, 5.74) is 1.06. The Balaban J connectivity index is 1.62. The third kappa shape index (κ3) is 5.46. The van der Waals surface area contributed by atoms with Crippen LogP contribution in [0.1, 0.15) is 15.2 Å². The summed E-state index contributed by atoms with van der Waals surface area (Å²) < 4.78 is 5.29. The standard InChI is InChI=1S/C19H19N3O3S2/c23-17(8-7-14-4-3-13-27-14)21-19(26)20-16-6-2-1-5-15(16)18(24)22-9-11-25-12-10-22/h1-8,13H,9-12H2,(H2,20,21,23,26). The minimum Gasteiger partial charge on any atom is -0.378 e. The molecule has 2 amide bonds. The highest BCUT2D eigenvalue weighted by Crippen LogP contribution is 2.18. The number of carbonyl (C=O) groups is 2. The van der Waals surface area contributed by atoms with Gasteiger partial charge in [-0.3, -0.25) is 14.9 Å². The summed E-state index contributed by atoms with van der Waals surface area (Å²) in [6.07, 6.45) is 3.14. The van der Waals surface area contributed by atoms with Crippen molar-refractivity contribution in [1.29, 1.82) is 0 Å². The second-order valence-corrected chi connectivity index (χ2v) is 7.13. The van der Waals surface area contributed by atoms with E-state index >= 15 is 0 Å². The zero-order valence-electron chi connectivity index (χ0n) is 14.5. The summed E-state index contributed by atoms with van der Waals surface area (Å²) in [4.78, 5) is 27.5. The molecule has 1 aromatic heterocycles. The van der Waals surface area contributed by atoms with Gasteiger partial charge in [0, 0.05) is 24.0 Å². The average Bonchev–Trinajstić information content (AvgIpc) is 3.20. The summed E-state index contributed by atoms with van der Waals surface area (Å²) in [6.45, 7) is 2.18. The number of thiocarbonyl (C=S) groups is 1. The molecule has 0 saturated carbocycles. The fraction of sp³-hybridized carbons (Fsp3) is 0.211. The molecule has 8 heteroatoms. The van der Waals surface area contributed by atoms with E-state index in [-0.39, 0.29) is 16.9 Å². The lowest BCUT2D eigenvalue weighted by Crippen LogP contribution is -2.41. The number of nitrogens with one attached hydrogen (secondary N) is 2. The molecule has 2 aromatic rings. The molecule has 0 bridgehead atoms. The predicted molar refractivity (Wildman–Crippen MR) is 111 cm³/mol. The minimum atomic E-state index is -0.335. The van der Waals surface area contributed by atoms with Crippen LogP contribution in [-0.2, 0) is 9.53 Å². The van der Waals surface area contributed by atoms with E-state index in [1.165, 1.54) is 17.4 Å². The number of rotatable bonds is 4. The smallest absolute Gasteiger partial charge is 0.256 e. The normalized spacial score (nSPS) is 14.1. The molecule has 0 unspecified atom stereocenters. The van der Waals surface area contributed by atoms with Gasteiger partial charge in [0.2, 0.25) is 5.91 Å². The van der Waals surface area contributed by atoms with E-state index in [9.17, 15) is 9.59 Å². The lowest BCUT2D eigenvalue weighted by molar-refractivity contribution is -0.115. The summed E-state index contributed by atoms with van der Waals surface area (Å²) >= 11 is 6.75. The van der Waals surface area contributed by atoms with Gasteiger partial charge in [0.05, 0.1) is 24.5 Å². The Kier molecular flexibility index (Phi) is 6.69. The first-order chi connectivity index (χ1) is 13.1. The number of hydrogen-bond donors (Lipinski definition) is 2. The monoisotopic (exact) mass is 401 g/mol. The highest BCUT2D eigenvalue weighted by atomic mass is 32.1. The number of para-hydroxylation sites is 1. The molecule has 1 aliphatic heterocycles. The van der Waals surface area contributed by atoms with E-state index in [2.05, 4.69) is 10.6 Å². The van der Waals surface area contributed by atoms with E-state index in [4.69, 9.17) is 17.0 Å². The Morgan fingerprint density at radius 3 is 2.67 bits per heavy atom. The Bertz CT molecular complexity index is 844. The number of hydrogen-bond acceptors (Lipinski definition) is 5. The van der Waals surface area contributed by atoms with Crippen molar-refractivity contribution in [1.82, 2.24) is 10.2 Å². The molecule has 0 radical (unpaired) electrons. The van der Waals surface area contributed by atoms with Gasteiger partial charge in [0.25, 0.3) is 5.91 Å². The van der Waals surface area contributed by atoms with E-state index in [1.54, 1.807) is 35.2 Å². The second-order valence-electron chi connectivity index (χ2n) is 5.74. The maximum Gasteiger partial charge on any atom is 0.256 e. The zero-order chi connectivity index (χ0) is 19.1. The van der Waals surface area contributed by atoms with E-state index in [0.29, 0.717) is 37.6 Å². The molecule has 140 valence electrons. The van der Waals surface area contributed by atoms with Crippen molar-refractivity contribution in [2.45, 2.75) is 0 Å². The van der Waals surface area contributed by atoms with Crippen molar-refractivity contribution in [3.8, 4) is 0 Å². The van der Waals surface area contributed by atoms with Gasteiger partial charge >= 0.3 is 0 Å². The molecule has 6 nitrogen and oxygen atoms in total. The summed E-state index contributed by atoms with van der Waals surface area (Å²) in [7, 11) is 0. The second kappa shape index (κ2) is 9.40. The molecule has 1 aliphatic rings. The number of anilines is 1. The fourth-order valence-electron chi connectivity index (χ4n) is 2.57. The highest BCUT2D eigenvalue weighted by Gasteiger charge is 2.21. The van der Waals surface area contributed by atoms with Gasteiger partial charge in [-0.25, -0.2) is 0 Å². The summed E-state index contributed by atoms with van der Waals surface area (Å²) in [5.74, 6) is -0.425. The van der Waals surface area contributed by atoms with Crippen molar-refractivity contribution in [2.75, 3.05) is 31.6 Å². The zero-order valence-corrected chi connectivity index (χ0v) is 16.1. The van der Waals surface area contributed by atoms with Gasteiger partial charge in [0.15, 0.2) is 5.11 Å². The average molecular weight is 402 g/mol. The lowest BCUT2D eigenvalue weighted by Gasteiger charge is -2.27. The van der Waals surface area contributed by atoms with Crippen molar-refractivity contribution in [3.05, 3.63) is 58.3 Å². The van der Waals surface area contributed by atoms with Crippen LogP contribution in [0.5, 0.6) is 0 Å². The van der Waals surface area contributed by atoms with Crippen LogP contribution >= 0.6 is 23.6 Å². The molecule has 2 heterocycles. The number of amides is 2. The maximum absolute atomic E-state index is 12.7. The van der Waals surface area contributed by atoms with Crippen molar-refractivity contribution in [2.24, 2.45) is 0 Å². The SMILES string of the molecule is O=C(C=Cc1cccs1)NC(=S)Nc1ccccc1C(=O)N1CCOCC1. The Morgan fingerprint density at radius 2 is 1.93 bits per heavy atom. The number of ether oxygens (including phenoxy) is 1. The molecular weight excluding hydrogens is 382 g/mol. The van der Waals surface area contributed by atoms with E-state index in [1.807, 2.05) is 17.5 Å². The van der Waals surface area contributed by atoms with Crippen LogP contribution in [0.2, 0.25) is 0 Å². The molecule has 2 N–H and O–H groups in total. The van der Waals surface area contributed by atoms with Crippen LogP contribution in [0, 0.1) is 0 Å². The molecule has 3 rings (SSSR count). The van der Waals surface area contributed by atoms with E-state index < -0.39 is 0 Å². The number of benzene rings is 1. The summed E-state index contributed by atoms with van der Waals surface area (Å²) in [6, 6.07) is 10.9. The largest absolute Gasteiger partial charge is 0.378 e. The Hall–Kier alpha value is -2.55. The van der Waals surface area contributed by atoms with Crippen LogP contribution in [0.3, 0.4) is 0 Å². The Labute approximate surface area is 166 Å². The highest BCUT2D eigenvalue weighted by molar-refractivity contribution is 7.80. The maximum atomic E-state index is 12.7. The van der Waals surface area contributed by atoms with Crippen molar-refractivity contribution < 1.29 is 14.3 Å². The fourth-order valence-corrected chi connectivity index (χ4v) is 3.40. The first-order valence-corrected chi connectivity index (χ1v) is 9.72. The van der Waals surface area contributed by atoms with Crippen LogP contribution < -0.4 is 10.6 Å². The quantitative estimate of drug-likeness (QED) is 0.609. The van der Waals surface area contributed by atoms with Crippen molar-refractivity contribution >= 4 is 52.2 Å². The van der Waals surface area contributed by atoms with E-state index in [0.717, 1.165) is 4.88 Å². The number of nitrogens with zero attached hydrogens (tertiary/aromatic N) is 1. The molecule has 1 fully saturated rings. The molecule has 0 aliphatic carbocycles. The van der Waals surface area contributed by atoms with Gasteiger partial charge in [-0.1, -0.05) is 18.2 Å². The van der Waals surface area contributed by atoms with Gasteiger partial charge in [0.1, 0.15) is 0 Å². The third-order valence-corrected chi connectivity index (χ3v) is 4.92. The predicted octanol–water partition coefficient (Wildman–Crippen LogP) is 2.75. The summed E-state index contributed by atoms with van der Waals surface area (Å²) in [5, 5.41) is 7.61. The molecule has 1 aromatic carbocycles. The van der Waals surface area contributed by atoms with Gasteiger partial charge in [-0.05, 0) is 41.9 Å². The minimum absolute atomic E-state index is 0.0897. The first-order valence-electron chi connectivity index (χ1n) is 8.43. The van der Waals surface area contributed by atoms with Gasteiger partial charge in [-0.15, -0.1) is 11.3 Å². The number of thiophene rings is 1. The van der Waals surface area contributed by atoms with Gasteiger partial charge in [-0.2, -0.15) is 0 Å². The molecule has 0 atom stereocenters. The third-order valence-electron chi connectivity index (χ3n) is 3.88. The number of carbonyl (C=O) groups excluding carboxylic acids is 2. The van der Waals surface area contributed by atoms with Crippen LogP contribution in [0.4, 0.5) is 5.69 Å². The Morgan fingerprint density at radius 1 is 1.15 bits per heavy atom. The lowest BCUT2D eigenvalue weighted by atomic mass is 10.1. The molecule has 1 saturated heterocycles. The molecule has 0 spiro atoms. The van der Waals surface area contributed by atoms with Crippen LogP contribution in [-0.4, -0.2) is 48.1 Å². The van der Waals surface area contributed by atoms with Gasteiger partial charge < -0.3 is 15.0 Å². The first kappa shape index (κ1) is 19.2. The van der Waals surface area contributed by atoms with Crippen LogP contribution in [0.25, 0.3) is 6.08 Å².